The van der Waals surface area contributed by atoms with Gasteiger partial charge in [-0.25, -0.2) is 31.6 Å². The molecule has 10 N–H and O–H groups in total. The number of aryl methyl sites for hydroxylation is 2. The lowest BCUT2D eigenvalue weighted by Gasteiger charge is -2.35. The molecule has 31 heteroatoms. The number of hydrogen-bond donors (Lipinski definition) is 9. The van der Waals surface area contributed by atoms with E-state index >= 15 is 0 Å². The van der Waals surface area contributed by atoms with Crippen LogP contribution in [-0.4, -0.2) is 181 Å². The van der Waals surface area contributed by atoms with Crippen molar-refractivity contribution in [3.8, 4) is 0 Å². The largest absolute Gasteiger partial charge is 0.477 e. The molecule has 6 heterocycles. The number of aromatic carboxylic acids is 1. The highest BCUT2D eigenvalue weighted by molar-refractivity contribution is 7.91. The smallest absolute Gasteiger partial charge is 0.354 e. The minimum atomic E-state index is -3.89. The van der Waals surface area contributed by atoms with E-state index in [9.17, 15) is 64.8 Å². The first-order valence-corrected chi connectivity index (χ1v) is 36.9. The van der Waals surface area contributed by atoms with Gasteiger partial charge in [0.05, 0.1) is 21.9 Å². The molecule has 8 aliphatic rings. The number of carbonyl (C=O) groups is 10. The maximum absolute atomic E-state index is 14.4. The number of imidazole rings is 2. The zero-order chi connectivity index (χ0) is 72.2. The topological polar surface area (TPSA) is 411 Å². The number of likely N-dealkylation sites (tertiary alicyclic amines) is 2. The molecule has 0 aromatic carbocycles. The summed E-state index contributed by atoms with van der Waals surface area (Å²) in [6.07, 6.45) is 13.5. The number of pyridine rings is 2. The number of amides is 9. The molecular weight excluding hydrogens is 1320 g/mol. The molecule has 0 radical (unpaired) electrons. The molecule has 4 unspecified atom stereocenters. The predicted octanol–water partition coefficient (Wildman–Crippen LogP) is 2.60. The number of rotatable bonds is 23. The second kappa shape index (κ2) is 27.9. The number of carboxylic acids is 1. The fraction of sp³-hybridized carbons (Fsp3) is 0.588. The van der Waals surface area contributed by atoms with Crippen molar-refractivity contribution < 1.29 is 69.9 Å². The maximum Gasteiger partial charge on any atom is 0.354 e. The number of aromatic nitrogens is 4. The molecule has 2 aliphatic heterocycles. The second-order valence-electron chi connectivity index (χ2n) is 30.1. The Morgan fingerprint density at radius 1 is 0.616 bits per heavy atom. The first-order valence-electron chi connectivity index (χ1n) is 33.8. The second-order valence-corrected chi connectivity index (χ2v) is 34.0. The predicted molar refractivity (Wildman–Crippen MR) is 362 cm³/mol. The Labute approximate surface area is 575 Å². The quantitative estimate of drug-likeness (QED) is 0.0482. The van der Waals surface area contributed by atoms with Crippen LogP contribution in [0.15, 0.2) is 74.1 Å². The number of hydrogen-bond acceptors (Lipinski definition) is 17. The van der Waals surface area contributed by atoms with Crippen LogP contribution in [0.2, 0.25) is 0 Å². The van der Waals surface area contributed by atoms with Crippen LogP contribution in [0.5, 0.6) is 0 Å². The molecule has 99 heavy (non-hydrogen) atoms. The Morgan fingerprint density at radius 2 is 1.02 bits per heavy atom. The lowest BCUT2D eigenvalue weighted by atomic mass is 9.85. The number of nitrogens with zero attached hydrogens (tertiary/aromatic N) is 6. The first-order chi connectivity index (χ1) is 46.4. The molecule has 10 atom stereocenters. The molecule has 12 rings (SSSR count). The summed E-state index contributed by atoms with van der Waals surface area (Å²) in [6.45, 7) is 22.0. The normalized spacial score (nSPS) is 25.4. The summed E-state index contributed by atoms with van der Waals surface area (Å²) in [6, 6.07) is 5.69. The lowest BCUT2D eigenvalue weighted by molar-refractivity contribution is -0.144. The van der Waals surface area contributed by atoms with Crippen LogP contribution in [0.25, 0.3) is 11.3 Å². The third-order valence-electron chi connectivity index (χ3n) is 19.6. The fourth-order valence-corrected chi connectivity index (χ4v) is 15.8. The van der Waals surface area contributed by atoms with Gasteiger partial charge in [0, 0.05) is 62.2 Å². The summed E-state index contributed by atoms with van der Waals surface area (Å²) in [7, 11) is -7.69. The molecule has 6 saturated carbocycles. The Bertz CT molecular complexity index is 4160. The van der Waals surface area contributed by atoms with Gasteiger partial charge < -0.3 is 47.2 Å². The highest BCUT2D eigenvalue weighted by atomic mass is 32.2. The average Bonchev–Trinajstić information content (AvgIpc) is 1.58. The first kappa shape index (κ1) is 73.1. The molecule has 536 valence electrons. The van der Waals surface area contributed by atoms with Crippen molar-refractivity contribution >= 4 is 90.5 Å². The van der Waals surface area contributed by atoms with Crippen LogP contribution in [0.4, 0.5) is 0 Å². The van der Waals surface area contributed by atoms with E-state index in [1.54, 1.807) is 59.3 Å². The van der Waals surface area contributed by atoms with Gasteiger partial charge in [-0.3, -0.25) is 61.4 Å². The van der Waals surface area contributed by atoms with Gasteiger partial charge in [0.25, 0.3) is 17.7 Å². The van der Waals surface area contributed by atoms with E-state index in [2.05, 4.69) is 59.2 Å². The van der Waals surface area contributed by atoms with Crippen molar-refractivity contribution in [3.05, 3.63) is 96.9 Å². The third-order valence-corrected chi connectivity index (χ3v) is 23.3. The average molecular weight is 1410 g/mol. The third kappa shape index (κ3) is 16.5. The number of carbonyl (C=O) groups excluding carboxylic acids is 9. The van der Waals surface area contributed by atoms with Gasteiger partial charge in [-0.15, -0.1) is 13.2 Å². The lowest BCUT2D eigenvalue weighted by Crippen LogP contribution is -2.60. The SMILES string of the molecule is C=CC1CC1(NC(=O)[C@@H]1C[C@@H](N)CN1C(=O)[C@@H](NC(=O)CC1CC1)C(C)(C)C)C(=O)NS(=O)(=O)C1CC1.C=CC1CC1(NC(=O)[C@@H]1C[C@@H](NC(=O)c2c(C)nc3ccccn23)CN1C(=O)[C@@H](NC(=O)CC1CC1)C(C)(C)C)C(=O)NS(=O)(=O)C1CC1.Cc1nc2ccccn2c1C(=O)O. The number of fused-ring (bicyclic) bond motifs is 2. The van der Waals surface area contributed by atoms with Crippen LogP contribution in [0, 0.1) is 48.3 Å². The van der Waals surface area contributed by atoms with Crippen LogP contribution >= 0.6 is 0 Å². The zero-order valence-corrected chi connectivity index (χ0v) is 58.8. The van der Waals surface area contributed by atoms with Gasteiger partial charge in [-0.2, -0.15) is 0 Å². The summed E-state index contributed by atoms with van der Waals surface area (Å²) in [5.74, 6) is -5.92. The molecule has 4 aromatic heterocycles. The van der Waals surface area contributed by atoms with E-state index in [0.717, 1.165) is 25.7 Å². The molecule has 0 bridgehead atoms. The van der Waals surface area contributed by atoms with Gasteiger partial charge in [-0.1, -0.05) is 65.8 Å². The summed E-state index contributed by atoms with van der Waals surface area (Å²) in [4.78, 5) is 143. The van der Waals surface area contributed by atoms with Crippen molar-refractivity contribution in [2.75, 3.05) is 13.1 Å². The Kier molecular flexibility index (Phi) is 20.6. The fourth-order valence-electron chi connectivity index (χ4n) is 13.1. The van der Waals surface area contributed by atoms with E-state index in [0.29, 0.717) is 78.7 Å². The van der Waals surface area contributed by atoms with E-state index in [-0.39, 0.29) is 56.3 Å². The molecular formula is C68H92N14O15S2. The zero-order valence-electron chi connectivity index (χ0n) is 57.2. The summed E-state index contributed by atoms with van der Waals surface area (Å²) in [5, 5.41) is 21.9. The standard InChI is InChI=1S/C34H45N7O7S.C25H39N5O6S.C9H8N2O2/c1-6-21-17-34(21,32(46)39-49(47,48)23-12-13-23)38-29(43)24-16-22(36-30(44)27-19(2)35-25-9-7-8-14-40(25)27)18-41(24)31(45)28(33(3,4)5)37-26(42)15-20-10-11-20;1-5-15-12-25(15,23(34)29-37(35,36)17-8-9-17)28-21(32)18-11-16(26)13-30(18)22(33)20(24(2,3)4)27-19(31)10-14-6-7-14;1-6-8(9(12)13)11-5-3-2-4-7(11)10-6/h6-9,14,20-24,28H,1,10-13,15-18H2,2-5H3,(H,36,44)(H,37,42)(H,38,43)(H,39,46);5,14-18,20H,1,6-13,26H2,2-4H3,(H,27,31)(H,28,32)(H,29,34);2-5H,1H3,(H,12,13)/t21?,22-,24+,28-,34?;15?,16-,18+,20-,25?;/m11./s1. The van der Waals surface area contributed by atoms with Crippen LogP contribution in [-0.2, 0) is 58.4 Å². The molecule has 9 amide bonds. The molecule has 29 nitrogen and oxygen atoms in total. The van der Waals surface area contributed by atoms with Gasteiger partial charge in [0.2, 0.25) is 55.5 Å². The van der Waals surface area contributed by atoms with Crippen molar-refractivity contribution in [1.82, 2.24) is 64.6 Å². The molecule has 8 fully saturated rings. The summed E-state index contributed by atoms with van der Waals surface area (Å²) < 4.78 is 57.5. The summed E-state index contributed by atoms with van der Waals surface area (Å²) in [5.41, 5.74) is 4.68. The number of nitrogens with two attached hydrogens (primary N) is 1. The van der Waals surface area contributed by atoms with Gasteiger partial charge in [-0.05, 0) is 138 Å². The van der Waals surface area contributed by atoms with Crippen LogP contribution in [0.3, 0.4) is 0 Å². The van der Waals surface area contributed by atoms with E-state index < -0.39 is 148 Å². The maximum atomic E-state index is 14.4. The Balaban J connectivity index is 0.000000185. The molecule has 6 aliphatic carbocycles. The van der Waals surface area contributed by atoms with E-state index in [4.69, 9.17) is 10.8 Å². The summed E-state index contributed by atoms with van der Waals surface area (Å²) >= 11 is 0. The number of nitrogens with one attached hydrogen (secondary N) is 7. The molecule has 2 saturated heterocycles. The molecule has 4 aromatic rings. The van der Waals surface area contributed by atoms with Crippen molar-refractivity contribution in [3.63, 3.8) is 0 Å². The van der Waals surface area contributed by atoms with E-state index in [1.807, 2.05) is 53.7 Å². The van der Waals surface area contributed by atoms with Gasteiger partial charge >= 0.3 is 5.97 Å². The van der Waals surface area contributed by atoms with Crippen molar-refractivity contribution in [2.24, 2.45) is 40.2 Å². The minimum absolute atomic E-state index is 0.0167. The van der Waals surface area contributed by atoms with Crippen LogP contribution < -0.4 is 41.8 Å². The Hall–Kier alpha value is -8.58. The molecule has 0 spiro atoms. The van der Waals surface area contributed by atoms with Crippen molar-refractivity contribution in [2.45, 2.75) is 203 Å². The minimum Gasteiger partial charge on any atom is -0.477 e. The number of carboxylic acid groups (broad SMARTS) is 1. The monoisotopic (exact) mass is 1410 g/mol. The van der Waals surface area contributed by atoms with Crippen LogP contribution in [0.1, 0.15) is 164 Å². The van der Waals surface area contributed by atoms with Crippen molar-refractivity contribution in [1.29, 1.82) is 0 Å². The highest BCUT2D eigenvalue weighted by Gasteiger charge is 2.63. The van der Waals surface area contributed by atoms with E-state index in [1.165, 1.54) is 22.0 Å². The highest BCUT2D eigenvalue weighted by Crippen LogP contribution is 2.47. The van der Waals surface area contributed by atoms with Gasteiger partial charge in [0.1, 0.15) is 52.2 Å². The van der Waals surface area contributed by atoms with Gasteiger partial charge in [0.15, 0.2) is 5.69 Å². The Morgan fingerprint density at radius 3 is 1.40 bits per heavy atom. The number of sulfonamides is 2.